The molecule has 0 aliphatic carbocycles. The third-order valence-electron chi connectivity index (χ3n) is 2.09. The van der Waals surface area contributed by atoms with Gasteiger partial charge in [-0.05, 0) is 25.8 Å². The molecule has 0 bridgehead atoms. The highest BCUT2D eigenvalue weighted by atomic mass is 79.9. The van der Waals surface area contributed by atoms with Crippen molar-refractivity contribution in [3.63, 3.8) is 0 Å². The van der Waals surface area contributed by atoms with Crippen LogP contribution in [0.4, 0.5) is 5.82 Å². The summed E-state index contributed by atoms with van der Waals surface area (Å²) in [6.07, 6.45) is 6.26. The molecule has 8 heteroatoms. The van der Waals surface area contributed by atoms with Crippen molar-refractivity contribution >= 4 is 27.7 Å². The van der Waals surface area contributed by atoms with E-state index >= 15 is 0 Å². The smallest absolute Gasteiger partial charge is 0.358 e. The maximum atomic E-state index is 12.1. The molecule has 7 nitrogen and oxygen atoms in total. The zero-order valence-electron chi connectivity index (χ0n) is 9.54. The summed E-state index contributed by atoms with van der Waals surface area (Å²) in [7, 11) is 0. The van der Waals surface area contributed by atoms with Gasteiger partial charge in [0, 0.05) is 6.07 Å². The fourth-order valence-corrected chi connectivity index (χ4v) is 1.64. The highest BCUT2D eigenvalue weighted by molar-refractivity contribution is 9.10. The van der Waals surface area contributed by atoms with Crippen LogP contribution in [0.25, 0.3) is 0 Å². The number of carbonyl (C=O) groups excluding carboxylic acids is 1. The molecule has 0 aliphatic heterocycles. The molecule has 1 rings (SSSR count). The first-order chi connectivity index (χ1) is 9.01. The summed E-state index contributed by atoms with van der Waals surface area (Å²) in [5, 5.41) is 19.3. The molecule has 0 spiro atoms. The summed E-state index contributed by atoms with van der Waals surface area (Å²) in [6, 6.07) is 2.84. The largest absolute Gasteiger partial charge is 0.364 e. The number of terminal acetylenes is 1. The molecule has 0 atom stereocenters. The van der Waals surface area contributed by atoms with E-state index in [0.29, 0.717) is 4.47 Å². The van der Waals surface area contributed by atoms with Crippen LogP contribution in [0, 0.1) is 33.8 Å². The molecule has 96 valence electrons. The quantitative estimate of drug-likeness (QED) is 0.360. The Labute approximate surface area is 117 Å². The molecule has 0 radical (unpaired) electrons. The number of hydrogen-bond acceptors (Lipinski definition) is 5. The van der Waals surface area contributed by atoms with E-state index in [9.17, 15) is 14.9 Å². The van der Waals surface area contributed by atoms with Crippen molar-refractivity contribution < 1.29 is 9.72 Å². The van der Waals surface area contributed by atoms with Gasteiger partial charge in [0.25, 0.3) is 5.91 Å². The van der Waals surface area contributed by atoms with E-state index in [0.717, 1.165) is 17.2 Å². The van der Waals surface area contributed by atoms with Crippen LogP contribution in [0.5, 0.6) is 0 Å². The molecule has 1 heterocycles. The Hall–Kier alpha value is -2.45. The molecule has 0 aromatic carbocycles. The van der Waals surface area contributed by atoms with Crippen molar-refractivity contribution in [3.05, 3.63) is 32.4 Å². The average molecular weight is 323 g/mol. The normalized spacial score (nSPS) is 9.21. The van der Waals surface area contributed by atoms with Crippen LogP contribution in [0.3, 0.4) is 0 Å². The number of halogens is 1. The summed E-state index contributed by atoms with van der Waals surface area (Å²) >= 11 is 3.08. The fourth-order valence-electron chi connectivity index (χ4n) is 1.26. The molecule has 0 saturated heterocycles. The predicted molar refractivity (Wildman–Crippen MR) is 68.9 cm³/mol. The fraction of sp³-hybridized carbons (Fsp3) is 0.182. The van der Waals surface area contributed by atoms with Gasteiger partial charge >= 0.3 is 5.82 Å². The lowest BCUT2D eigenvalue weighted by molar-refractivity contribution is -0.389. The van der Waals surface area contributed by atoms with Crippen molar-refractivity contribution in [2.24, 2.45) is 0 Å². The Bertz CT molecular complexity index is 587. The van der Waals surface area contributed by atoms with E-state index in [1.807, 2.05) is 0 Å². The lowest BCUT2D eigenvalue weighted by Gasteiger charge is -2.16. The molecule has 1 amide bonds. The number of nitro groups is 1. The highest BCUT2D eigenvalue weighted by Gasteiger charge is 2.21. The molecule has 0 saturated carbocycles. The Kier molecular flexibility index (Phi) is 4.98. The molecule has 1 aromatic rings. The number of aromatic nitrogens is 1. The second-order valence-corrected chi connectivity index (χ2v) is 4.16. The Morgan fingerprint density at radius 2 is 2.32 bits per heavy atom. The molecular weight excluding hydrogens is 316 g/mol. The van der Waals surface area contributed by atoms with Crippen molar-refractivity contribution in [1.29, 1.82) is 5.26 Å². The third kappa shape index (κ3) is 3.50. The summed E-state index contributed by atoms with van der Waals surface area (Å²) in [5.74, 6) is 1.22. The van der Waals surface area contributed by atoms with E-state index in [2.05, 4.69) is 26.8 Å². The molecular formula is C11H7BrN4O3. The van der Waals surface area contributed by atoms with Gasteiger partial charge in [-0.1, -0.05) is 5.92 Å². The van der Waals surface area contributed by atoms with Gasteiger partial charge in [-0.2, -0.15) is 5.26 Å². The van der Waals surface area contributed by atoms with Gasteiger partial charge in [-0.25, -0.2) is 0 Å². The van der Waals surface area contributed by atoms with E-state index in [1.165, 1.54) is 0 Å². The van der Waals surface area contributed by atoms with Crippen molar-refractivity contribution in [3.8, 4) is 18.4 Å². The van der Waals surface area contributed by atoms with Crippen LogP contribution in [0.15, 0.2) is 16.7 Å². The van der Waals surface area contributed by atoms with Crippen LogP contribution in [-0.4, -0.2) is 33.8 Å². The van der Waals surface area contributed by atoms with Crippen LogP contribution in [0.2, 0.25) is 0 Å². The van der Waals surface area contributed by atoms with E-state index in [-0.39, 0.29) is 18.7 Å². The van der Waals surface area contributed by atoms with E-state index in [4.69, 9.17) is 11.7 Å². The Balaban J connectivity index is 3.17. The van der Waals surface area contributed by atoms with Crippen LogP contribution in [-0.2, 0) is 0 Å². The molecule has 0 aliphatic rings. The van der Waals surface area contributed by atoms with Gasteiger partial charge in [0.1, 0.15) is 6.54 Å². The zero-order valence-corrected chi connectivity index (χ0v) is 11.1. The number of amides is 1. The van der Waals surface area contributed by atoms with Crippen LogP contribution < -0.4 is 0 Å². The Morgan fingerprint density at radius 1 is 1.63 bits per heavy atom. The number of hydrogen-bond donors (Lipinski definition) is 0. The van der Waals surface area contributed by atoms with Gasteiger partial charge in [-0.15, -0.1) is 6.42 Å². The lowest BCUT2D eigenvalue weighted by Crippen LogP contribution is -2.32. The minimum Gasteiger partial charge on any atom is -0.358 e. The summed E-state index contributed by atoms with van der Waals surface area (Å²) in [5.41, 5.74) is 0.0344. The number of nitrogens with zero attached hydrogens (tertiary/aromatic N) is 4. The zero-order chi connectivity index (χ0) is 14.4. The standard InChI is InChI=1S/C11H7BrN4O3/c1-2-4-15(5-3-13)11(17)8-6-10(16(18)19)14-7-9(8)12/h1,6-7H,4-5H2. The first-order valence-electron chi connectivity index (χ1n) is 4.91. The maximum Gasteiger partial charge on any atom is 0.364 e. The van der Waals surface area contributed by atoms with Crippen LogP contribution >= 0.6 is 15.9 Å². The maximum absolute atomic E-state index is 12.1. The molecule has 0 unspecified atom stereocenters. The second kappa shape index (κ2) is 6.47. The predicted octanol–water partition coefficient (Wildman–Crippen LogP) is 1.35. The Morgan fingerprint density at radius 3 is 2.84 bits per heavy atom. The topological polar surface area (TPSA) is 100 Å². The van der Waals surface area contributed by atoms with Crippen molar-refractivity contribution in [2.75, 3.05) is 13.1 Å². The minimum absolute atomic E-state index is 0.0344. The number of rotatable bonds is 4. The van der Waals surface area contributed by atoms with Gasteiger partial charge in [-0.3, -0.25) is 4.79 Å². The van der Waals surface area contributed by atoms with Gasteiger partial charge in [0.15, 0.2) is 6.20 Å². The molecule has 1 aromatic heterocycles. The third-order valence-corrected chi connectivity index (χ3v) is 2.72. The average Bonchev–Trinajstić information content (AvgIpc) is 2.38. The van der Waals surface area contributed by atoms with E-state index in [1.54, 1.807) is 6.07 Å². The van der Waals surface area contributed by atoms with Gasteiger partial charge in [0.05, 0.1) is 22.7 Å². The van der Waals surface area contributed by atoms with Crippen molar-refractivity contribution in [1.82, 2.24) is 9.88 Å². The van der Waals surface area contributed by atoms with Gasteiger partial charge < -0.3 is 15.0 Å². The summed E-state index contributed by atoms with van der Waals surface area (Å²) in [4.78, 5) is 26.7. The summed E-state index contributed by atoms with van der Waals surface area (Å²) in [6.45, 7) is -0.263. The monoisotopic (exact) mass is 322 g/mol. The first kappa shape index (κ1) is 14.6. The number of pyridine rings is 1. The van der Waals surface area contributed by atoms with Crippen molar-refractivity contribution in [2.45, 2.75) is 0 Å². The number of carbonyl (C=O) groups is 1. The van der Waals surface area contributed by atoms with E-state index < -0.39 is 16.6 Å². The minimum atomic E-state index is -0.709. The molecule has 19 heavy (non-hydrogen) atoms. The molecule has 0 N–H and O–H groups in total. The lowest BCUT2D eigenvalue weighted by atomic mass is 10.2. The molecule has 0 fully saturated rings. The first-order valence-corrected chi connectivity index (χ1v) is 5.70. The highest BCUT2D eigenvalue weighted by Crippen LogP contribution is 2.21. The van der Waals surface area contributed by atoms with Gasteiger partial charge in [0.2, 0.25) is 0 Å². The number of nitriles is 1. The summed E-state index contributed by atoms with van der Waals surface area (Å²) < 4.78 is 0.295. The van der Waals surface area contributed by atoms with Crippen LogP contribution in [0.1, 0.15) is 10.4 Å². The second-order valence-electron chi connectivity index (χ2n) is 3.30. The SMILES string of the molecule is C#CCN(CC#N)C(=O)c1cc([N+](=O)[O-])ncc1Br.